The van der Waals surface area contributed by atoms with Gasteiger partial charge in [0.2, 0.25) is 5.91 Å². The number of nitrogens with zero attached hydrogens (tertiary/aromatic N) is 2. The SMILES string of the molecule is CC(=O)Nc1c(F)cc(-c2cccc(-c3cc(N4CCNCC4)no3)c2O)cc1OC1CC1.O=C(O)C(F)(F)F. The van der Waals surface area contributed by atoms with Crippen LogP contribution in [0.1, 0.15) is 19.8 Å². The number of alkyl halides is 3. The van der Waals surface area contributed by atoms with E-state index in [1.165, 1.54) is 13.0 Å². The first kappa shape index (κ1) is 28.7. The molecule has 1 aliphatic heterocycles. The molecule has 0 unspecified atom stereocenters. The zero-order valence-electron chi connectivity index (χ0n) is 21.2. The van der Waals surface area contributed by atoms with Crippen molar-refractivity contribution in [3.63, 3.8) is 0 Å². The Morgan fingerprint density at radius 1 is 1.15 bits per heavy atom. The van der Waals surface area contributed by atoms with Crippen LogP contribution in [0.4, 0.5) is 29.1 Å². The maximum absolute atomic E-state index is 15.0. The Balaban J connectivity index is 0.000000470. The summed E-state index contributed by atoms with van der Waals surface area (Å²) in [6.45, 7) is 4.70. The molecular formula is C26H26F4N4O6. The molecule has 1 saturated heterocycles. The van der Waals surface area contributed by atoms with Gasteiger partial charge in [0.15, 0.2) is 17.4 Å². The van der Waals surface area contributed by atoms with Gasteiger partial charge in [0.25, 0.3) is 0 Å². The smallest absolute Gasteiger partial charge is 0.490 e. The summed E-state index contributed by atoms with van der Waals surface area (Å²) in [5.74, 6) is -2.46. The number of amides is 1. The van der Waals surface area contributed by atoms with Crippen LogP contribution in [0.25, 0.3) is 22.5 Å². The van der Waals surface area contributed by atoms with E-state index in [-0.39, 0.29) is 23.3 Å². The largest absolute Gasteiger partial charge is 0.507 e. The zero-order chi connectivity index (χ0) is 29.0. The predicted octanol–water partition coefficient (Wildman–Crippen LogP) is 4.40. The van der Waals surface area contributed by atoms with E-state index in [4.69, 9.17) is 19.2 Å². The second-order valence-electron chi connectivity index (χ2n) is 9.12. The first-order valence-corrected chi connectivity index (χ1v) is 12.3. The van der Waals surface area contributed by atoms with Crippen molar-refractivity contribution in [1.82, 2.24) is 10.5 Å². The van der Waals surface area contributed by atoms with Crippen LogP contribution in [0, 0.1) is 5.82 Å². The van der Waals surface area contributed by atoms with E-state index in [2.05, 4.69) is 20.7 Å². The molecule has 4 N–H and O–H groups in total. The molecule has 2 heterocycles. The number of ether oxygens (including phenoxy) is 1. The van der Waals surface area contributed by atoms with E-state index in [1.54, 1.807) is 30.3 Å². The minimum atomic E-state index is -5.08. The van der Waals surface area contributed by atoms with Crippen molar-refractivity contribution < 1.29 is 46.6 Å². The van der Waals surface area contributed by atoms with E-state index in [1.807, 2.05) is 0 Å². The highest BCUT2D eigenvalue weighted by atomic mass is 19.4. The maximum Gasteiger partial charge on any atom is 0.490 e. The molecule has 0 atom stereocenters. The van der Waals surface area contributed by atoms with E-state index >= 15 is 0 Å². The predicted molar refractivity (Wildman–Crippen MR) is 136 cm³/mol. The molecule has 0 bridgehead atoms. The third kappa shape index (κ3) is 7.00. The lowest BCUT2D eigenvalue weighted by Crippen LogP contribution is -2.43. The van der Waals surface area contributed by atoms with Crippen molar-refractivity contribution in [2.75, 3.05) is 36.4 Å². The van der Waals surface area contributed by atoms with Crippen LogP contribution in [0.15, 0.2) is 40.9 Å². The molecule has 2 aromatic carbocycles. The number of aromatic hydroxyl groups is 1. The van der Waals surface area contributed by atoms with Gasteiger partial charge >= 0.3 is 12.1 Å². The van der Waals surface area contributed by atoms with Gasteiger partial charge in [-0.2, -0.15) is 13.2 Å². The maximum atomic E-state index is 15.0. The van der Waals surface area contributed by atoms with E-state index in [0.29, 0.717) is 28.3 Å². The summed E-state index contributed by atoms with van der Waals surface area (Å²) >= 11 is 0. The number of halogens is 4. The Morgan fingerprint density at radius 2 is 1.80 bits per heavy atom. The standard InChI is InChI=1S/C24H25FN4O4.C2HF3O2/c1-14(30)27-23-19(25)11-15(12-21(23)32-16-5-6-16)17-3-2-4-18(24(17)31)20-13-22(28-33-20)29-9-7-26-8-10-29;3-2(4,5)1(6)7/h2-4,11-13,16,26,31H,5-10H2,1H3,(H,27,30);(H,6,7). The van der Waals surface area contributed by atoms with Crippen LogP contribution >= 0.6 is 0 Å². The van der Waals surface area contributed by atoms with Crippen LogP contribution in [-0.2, 0) is 9.59 Å². The number of para-hydroxylation sites is 1. The first-order valence-electron chi connectivity index (χ1n) is 12.3. The molecule has 1 aliphatic carbocycles. The molecule has 14 heteroatoms. The van der Waals surface area contributed by atoms with Gasteiger partial charge in [-0.25, -0.2) is 9.18 Å². The molecule has 0 spiro atoms. The van der Waals surface area contributed by atoms with E-state index in [9.17, 15) is 27.5 Å². The summed E-state index contributed by atoms with van der Waals surface area (Å²) in [4.78, 5) is 22.6. The third-order valence-corrected chi connectivity index (χ3v) is 5.97. The molecular weight excluding hydrogens is 540 g/mol. The van der Waals surface area contributed by atoms with Gasteiger partial charge in [0.05, 0.1) is 11.7 Å². The lowest BCUT2D eigenvalue weighted by molar-refractivity contribution is -0.192. The number of hydrogen-bond acceptors (Lipinski definition) is 8. The number of aliphatic carboxylic acids is 1. The van der Waals surface area contributed by atoms with E-state index < -0.39 is 23.9 Å². The number of hydrogen-bond donors (Lipinski definition) is 4. The quantitative estimate of drug-likeness (QED) is 0.320. The average molecular weight is 567 g/mol. The van der Waals surface area contributed by atoms with Crippen LogP contribution in [0.5, 0.6) is 11.5 Å². The fourth-order valence-corrected chi connectivity index (χ4v) is 3.90. The molecule has 10 nitrogen and oxygen atoms in total. The van der Waals surface area contributed by atoms with Crippen LogP contribution in [0.2, 0.25) is 0 Å². The third-order valence-electron chi connectivity index (χ3n) is 5.97. The molecule has 0 radical (unpaired) electrons. The molecule has 1 amide bonds. The van der Waals surface area contributed by atoms with Crippen molar-refractivity contribution in [1.29, 1.82) is 0 Å². The van der Waals surface area contributed by atoms with Gasteiger partial charge < -0.3 is 35.0 Å². The fourth-order valence-electron chi connectivity index (χ4n) is 3.90. The number of phenols is 1. The lowest BCUT2D eigenvalue weighted by atomic mass is 9.99. The number of carbonyl (C=O) groups excluding carboxylic acids is 1. The Labute approximate surface area is 225 Å². The summed E-state index contributed by atoms with van der Waals surface area (Å²) < 4.78 is 58.1. The van der Waals surface area contributed by atoms with Gasteiger partial charge in [-0.05, 0) is 36.6 Å². The summed E-state index contributed by atoms with van der Waals surface area (Å²) in [7, 11) is 0. The highest BCUT2D eigenvalue weighted by Gasteiger charge is 2.38. The highest BCUT2D eigenvalue weighted by molar-refractivity contribution is 5.92. The van der Waals surface area contributed by atoms with Gasteiger partial charge in [0.1, 0.15) is 17.2 Å². The number of nitrogens with one attached hydrogen (secondary N) is 2. The molecule has 1 aromatic heterocycles. The number of phenolic OH excluding ortho intramolecular Hbond substituents is 1. The Bertz CT molecular complexity index is 1380. The fraction of sp³-hybridized carbons (Fsp3) is 0.346. The number of carboxylic acids is 1. The number of piperazine rings is 1. The minimum absolute atomic E-state index is 0.00434. The van der Waals surface area contributed by atoms with Crippen molar-refractivity contribution in [2.24, 2.45) is 0 Å². The molecule has 3 aromatic rings. The number of aromatic nitrogens is 1. The second kappa shape index (κ2) is 11.8. The molecule has 1 saturated carbocycles. The summed E-state index contributed by atoms with van der Waals surface area (Å²) in [6.07, 6.45) is -3.32. The lowest BCUT2D eigenvalue weighted by Gasteiger charge is -2.26. The van der Waals surface area contributed by atoms with Gasteiger partial charge in [-0.1, -0.05) is 17.3 Å². The number of carboxylic acid groups (broad SMARTS) is 1. The molecule has 2 fully saturated rings. The second-order valence-corrected chi connectivity index (χ2v) is 9.12. The number of rotatable bonds is 6. The van der Waals surface area contributed by atoms with Crippen molar-refractivity contribution in [3.8, 4) is 33.9 Å². The van der Waals surface area contributed by atoms with Gasteiger partial charge in [0, 0.05) is 44.7 Å². The van der Waals surface area contributed by atoms with Crippen molar-refractivity contribution in [2.45, 2.75) is 32.0 Å². The summed E-state index contributed by atoms with van der Waals surface area (Å²) in [5.41, 5.74) is 1.31. The number of benzene rings is 2. The van der Waals surface area contributed by atoms with Crippen LogP contribution in [-0.4, -0.2) is 65.7 Å². The van der Waals surface area contributed by atoms with E-state index in [0.717, 1.165) is 39.0 Å². The zero-order valence-corrected chi connectivity index (χ0v) is 21.2. The minimum Gasteiger partial charge on any atom is -0.507 e. The Kier molecular flexibility index (Phi) is 8.47. The Hall–Kier alpha value is -4.33. The molecule has 214 valence electrons. The van der Waals surface area contributed by atoms with Crippen LogP contribution in [0.3, 0.4) is 0 Å². The van der Waals surface area contributed by atoms with Crippen molar-refractivity contribution >= 4 is 23.4 Å². The monoisotopic (exact) mass is 566 g/mol. The normalized spacial score (nSPS) is 15.2. The summed E-state index contributed by atoms with van der Waals surface area (Å²) in [5, 5.41) is 28.1. The molecule has 40 heavy (non-hydrogen) atoms. The molecule has 5 rings (SSSR count). The first-order chi connectivity index (χ1) is 18.9. The number of anilines is 2. The number of carbonyl (C=O) groups is 2. The summed E-state index contributed by atoms with van der Waals surface area (Å²) in [6, 6.07) is 9.89. The molecule has 2 aliphatic rings. The highest BCUT2D eigenvalue weighted by Crippen LogP contribution is 2.43. The van der Waals surface area contributed by atoms with Crippen LogP contribution < -0.4 is 20.3 Å². The van der Waals surface area contributed by atoms with Gasteiger partial charge in [-0.15, -0.1) is 0 Å². The average Bonchev–Trinajstić information content (AvgIpc) is 3.58. The van der Waals surface area contributed by atoms with Crippen molar-refractivity contribution in [3.05, 3.63) is 42.2 Å². The topological polar surface area (TPSA) is 137 Å². The van der Waals surface area contributed by atoms with Gasteiger partial charge in [-0.3, -0.25) is 4.79 Å². The Morgan fingerprint density at radius 3 is 2.40 bits per heavy atom.